The maximum absolute atomic E-state index is 12.5. The number of hydrogen-bond acceptors (Lipinski definition) is 6. The summed E-state index contributed by atoms with van der Waals surface area (Å²) in [5.41, 5.74) is 2.37. The highest BCUT2D eigenvalue weighted by molar-refractivity contribution is 7.99. The Labute approximate surface area is 199 Å². The van der Waals surface area contributed by atoms with Gasteiger partial charge in [-0.15, -0.1) is 10.2 Å². The van der Waals surface area contributed by atoms with Gasteiger partial charge in [-0.3, -0.25) is 19.5 Å². The van der Waals surface area contributed by atoms with Crippen LogP contribution in [0.4, 0.5) is 10.5 Å². The Kier molecular flexibility index (Phi) is 6.95. The molecule has 1 unspecified atom stereocenters. The maximum atomic E-state index is 12.5. The number of amides is 4. The molecule has 0 aliphatic carbocycles. The molecule has 1 aliphatic heterocycles. The van der Waals surface area contributed by atoms with Crippen LogP contribution in [0.15, 0.2) is 53.7 Å². The normalized spacial score (nSPS) is 15.6. The van der Waals surface area contributed by atoms with Crippen molar-refractivity contribution in [3.05, 3.63) is 64.9 Å². The SMILES string of the molecule is Cc1ccc(NC(=O)CSc2nnc(CC3CC(=O)NC(=O)N3)n2-c2ccccc2)cc1Cl. The van der Waals surface area contributed by atoms with Crippen LogP contribution in [-0.2, 0) is 16.0 Å². The Balaban J connectivity index is 1.50. The van der Waals surface area contributed by atoms with E-state index in [2.05, 4.69) is 26.1 Å². The van der Waals surface area contributed by atoms with E-state index in [0.29, 0.717) is 28.1 Å². The van der Waals surface area contributed by atoms with E-state index in [-0.39, 0.29) is 24.0 Å². The predicted molar refractivity (Wildman–Crippen MR) is 126 cm³/mol. The molecule has 11 heteroatoms. The summed E-state index contributed by atoms with van der Waals surface area (Å²) < 4.78 is 1.83. The van der Waals surface area contributed by atoms with Crippen LogP contribution in [0.2, 0.25) is 5.02 Å². The third-order valence-electron chi connectivity index (χ3n) is 4.95. The number of benzene rings is 2. The van der Waals surface area contributed by atoms with Crippen LogP contribution in [0.5, 0.6) is 0 Å². The van der Waals surface area contributed by atoms with Gasteiger partial charge in [-0.1, -0.05) is 47.6 Å². The number of thioether (sulfide) groups is 1. The highest BCUT2D eigenvalue weighted by Gasteiger charge is 2.27. The van der Waals surface area contributed by atoms with Crippen LogP contribution in [0, 0.1) is 6.92 Å². The van der Waals surface area contributed by atoms with Crippen LogP contribution >= 0.6 is 23.4 Å². The number of rotatable bonds is 7. The van der Waals surface area contributed by atoms with Crippen molar-refractivity contribution in [3.63, 3.8) is 0 Å². The molecule has 0 bridgehead atoms. The van der Waals surface area contributed by atoms with Gasteiger partial charge in [0.2, 0.25) is 11.8 Å². The lowest BCUT2D eigenvalue weighted by atomic mass is 10.1. The van der Waals surface area contributed by atoms with Gasteiger partial charge in [0.15, 0.2) is 5.16 Å². The monoisotopic (exact) mass is 484 g/mol. The topological polar surface area (TPSA) is 118 Å². The van der Waals surface area contributed by atoms with Crippen LogP contribution in [0.3, 0.4) is 0 Å². The molecule has 1 aliphatic rings. The molecule has 9 nitrogen and oxygen atoms in total. The van der Waals surface area contributed by atoms with Gasteiger partial charge in [0, 0.05) is 35.3 Å². The summed E-state index contributed by atoms with van der Waals surface area (Å²) in [6, 6.07) is 13.9. The third-order valence-corrected chi connectivity index (χ3v) is 6.29. The number of anilines is 1. The third kappa shape index (κ3) is 5.71. The van der Waals surface area contributed by atoms with E-state index in [1.54, 1.807) is 12.1 Å². The van der Waals surface area contributed by atoms with Crippen molar-refractivity contribution in [2.24, 2.45) is 0 Å². The van der Waals surface area contributed by atoms with E-state index < -0.39 is 12.1 Å². The van der Waals surface area contributed by atoms with E-state index in [9.17, 15) is 14.4 Å². The quantitative estimate of drug-likeness (QED) is 0.443. The van der Waals surface area contributed by atoms with Gasteiger partial charge in [-0.05, 0) is 36.8 Å². The van der Waals surface area contributed by atoms with Gasteiger partial charge >= 0.3 is 6.03 Å². The Hall–Kier alpha value is -3.37. The van der Waals surface area contributed by atoms with Crippen molar-refractivity contribution in [3.8, 4) is 5.69 Å². The Morgan fingerprint density at radius 1 is 1.21 bits per heavy atom. The van der Waals surface area contributed by atoms with E-state index in [1.807, 2.05) is 47.9 Å². The molecule has 4 rings (SSSR count). The van der Waals surface area contributed by atoms with Crippen molar-refractivity contribution in [2.45, 2.75) is 31.0 Å². The summed E-state index contributed by atoms with van der Waals surface area (Å²) in [6.45, 7) is 1.89. The molecule has 2 heterocycles. The molecular weight excluding hydrogens is 464 g/mol. The largest absolute Gasteiger partial charge is 0.334 e. The molecule has 0 saturated carbocycles. The first kappa shape index (κ1) is 22.8. The molecule has 2 aromatic carbocycles. The smallest absolute Gasteiger partial charge is 0.321 e. The van der Waals surface area contributed by atoms with Crippen LogP contribution in [0.1, 0.15) is 17.8 Å². The number of aromatic nitrogens is 3. The van der Waals surface area contributed by atoms with Gasteiger partial charge in [0.05, 0.1) is 5.75 Å². The van der Waals surface area contributed by atoms with Crippen molar-refractivity contribution in [1.82, 2.24) is 25.4 Å². The van der Waals surface area contributed by atoms with E-state index in [1.165, 1.54) is 11.8 Å². The lowest BCUT2D eigenvalue weighted by molar-refractivity contribution is -0.121. The van der Waals surface area contributed by atoms with Gasteiger partial charge in [-0.2, -0.15) is 0 Å². The second-order valence-electron chi connectivity index (χ2n) is 7.50. The first-order chi connectivity index (χ1) is 15.9. The number of urea groups is 1. The Morgan fingerprint density at radius 3 is 2.73 bits per heavy atom. The molecule has 33 heavy (non-hydrogen) atoms. The van der Waals surface area contributed by atoms with E-state index in [0.717, 1.165) is 11.3 Å². The summed E-state index contributed by atoms with van der Waals surface area (Å²) in [5, 5.41) is 17.4. The van der Waals surface area contributed by atoms with Crippen LogP contribution < -0.4 is 16.0 Å². The van der Waals surface area contributed by atoms with Crippen LogP contribution in [-0.4, -0.2) is 44.4 Å². The Morgan fingerprint density at radius 2 is 2.00 bits per heavy atom. The second-order valence-corrected chi connectivity index (χ2v) is 8.85. The average Bonchev–Trinajstić information content (AvgIpc) is 3.17. The minimum absolute atomic E-state index is 0.110. The molecule has 1 atom stereocenters. The molecular formula is C22H21ClN6O3S. The number of carbonyl (C=O) groups is 3. The highest BCUT2D eigenvalue weighted by Crippen LogP contribution is 2.24. The molecule has 0 spiro atoms. The fraction of sp³-hybridized carbons (Fsp3) is 0.227. The first-order valence-electron chi connectivity index (χ1n) is 10.2. The van der Waals surface area contributed by atoms with Gasteiger partial charge in [-0.25, -0.2) is 4.79 Å². The lowest BCUT2D eigenvalue weighted by Crippen LogP contribution is -2.53. The van der Waals surface area contributed by atoms with Crippen molar-refractivity contribution in [2.75, 3.05) is 11.1 Å². The molecule has 3 aromatic rings. The predicted octanol–water partition coefficient (Wildman–Crippen LogP) is 3.10. The second kappa shape index (κ2) is 10.1. The number of nitrogens with zero attached hydrogens (tertiary/aromatic N) is 3. The average molecular weight is 485 g/mol. The summed E-state index contributed by atoms with van der Waals surface area (Å²) in [5.74, 6) is 0.144. The van der Waals surface area contributed by atoms with Crippen molar-refractivity contribution in [1.29, 1.82) is 0 Å². The zero-order chi connectivity index (χ0) is 23.4. The fourth-order valence-electron chi connectivity index (χ4n) is 3.38. The van der Waals surface area contributed by atoms with Crippen molar-refractivity contribution < 1.29 is 14.4 Å². The molecule has 4 amide bonds. The van der Waals surface area contributed by atoms with Gasteiger partial charge in [0.1, 0.15) is 5.82 Å². The van der Waals surface area contributed by atoms with E-state index >= 15 is 0 Å². The zero-order valence-electron chi connectivity index (χ0n) is 17.7. The van der Waals surface area contributed by atoms with Gasteiger partial charge < -0.3 is 10.6 Å². The number of hydrogen-bond donors (Lipinski definition) is 3. The summed E-state index contributed by atoms with van der Waals surface area (Å²) in [4.78, 5) is 35.9. The summed E-state index contributed by atoms with van der Waals surface area (Å²) in [6.07, 6.45) is 0.465. The zero-order valence-corrected chi connectivity index (χ0v) is 19.2. The lowest BCUT2D eigenvalue weighted by Gasteiger charge is -2.23. The number of halogens is 1. The molecule has 1 fully saturated rings. The molecule has 3 N–H and O–H groups in total. The minimum atomic E-state index is -0.524. The van der Waals surface area contributed by atoms with E-state index in [4.69, 9.17) is 11.6 Å². The number of carbonyl (C=O) groups excluding carboxylic acids is 3. The standard InChI is InChI=1S/C22H21ClN6O3S/c1-13-7-8-14(9-17(13)23)24-20(31)12-33-22-28-27-18(29(22)16-5-3-2-4-6-16)10-15-11-19(30)26-21(32)25-15/h2-9,15H,10-12H2,1H3,(H,24,31)(H2,25,26,30,32). The maximum Gasteiger partial charge on any atom is 0.321 e. The number of aryl methyl sites for hydroxylation is 1. The van der Waals surface area contributed by atoms with Crippen LogP contribution in [0.25, 0.3) is 5.69 Å². The summed E-state index contributed by atoms with van der Waals surface area (Å²) >= 11 is 7.37. The Bertz CT molecular complexity index is 1180. The molecule has 1 aromatic heterocycles. The fourth-order valence-corrected chi connectivity index (χ4v) is 4.33. The molecule has 0 radical (unpaired) electrons. The van der Waals surface area contributed by atoms with Gasteiger partial charge in [0.25, 0.3) is 0 Å². The minimum Gasteiger partial charge on any atom is -0.334 e. The highest BCUT2D eigenvalue weighted by atomic mass is 35.5. The number of para-hydroxylation sites is 1. The number of imide groups is 1. The summed E-state index contributed by atoms with van der Waals surface area (Å²) in [7, 11) is 0. The molecule has 1 saturated heterocycles. The number of nitrogens with one attached hydrogen (secondary N) is 3. The molecule has 170 valence electrons. The first-order valence-corrected chi connectivity index (χ1v) is 11.5. The van der Waals surface area contributed by atoms with Crippen molar-refractivity contribution >= 4 is 46.9 Å².